The van der Waals surface area contributed by atoms with Crippen molar-refractivity contribution in [2.24, 2.45) is 0 Å². The fourth-order valence-corrected chi connectivity index (χ4v) is 2.28. The van der Waals surface area contributed by atoms with Gasteiger partial charge in [-0.15, -0.1) is 0 Å². The molecule has 0 atom stereocenters. The van der Waals surface area contributed by atoms with Gasteiger partial charge in [0.15, 0.2) is 12.3 Å². The van der Waals surface area contributed by atoms with Gasteiger partial charge in [0.2, 0.25) is 5.91 Å². The van der Waals surface area contributed by atoms with Crippen molar-refractivity contribution in [2.75, 3.05) is 17.2 Å². The fourth-order valence-electron chi connectivity index (χ4n) is 2.28. The minimum Gasteiger partial charge on any atom is -0.451 e. The van der Waals surface area contributed by atoms with Gasteiger partial charge in [-0.25, -0.2) is 9.78 Å². The summed E-state index contributed by atoms with van der Waals surface area (Å²) in [6, 6.07) is 11.9. The number of aromatic nitrogens is 2. The Morgan fingerprint density at radius 3 is 2.38 bits per heavy atom. The Balaban J connectivity index is 1.53. The van der Waals surface area contributed by atoms with Gasteiger partial charge in [-0.1, -0.05) is 6.07 Å². The van der Waals surface area contributed by atoms with E-state index in [4.69, 9.17) is 4.74 Å². The second-order valence-corrected chi connectivity index (χ2v) is 5.48. The predicted molar refractivity (Wildman–Crippen MR) is 94.8 cm³/mol. The van der Waals surface area contributed by atoms with Crippen LogP contribution in [0.25, 0.3) is 5.65 Å². The number of nitrogens with zero attached hydrogens (tertiary/aromatic N) is 2. The molecular formula is C18H16N4O4. The van der Waals surface area contributed by atoms with Gasteiger partial charge in [0.25, 0.3) is 5.91 Å². The Labute approximate surface area is 148 Å². The van der Waals surface area contributed by atoms with Gasteiger partial charge in [0.05, 0.1) is 0 Å². The zero-order valence-corrected chi connectivity index (χ0v) is 13.9. The molecule has 0 aliphatic rings. The molecule has 1 aromatic carbocycles. The maximum Gasteiger partial charge on any atom is 0.359 e. The van der Waals surface area contributed by atoms with E-state index in [1.165, 1.54) is 13.1 Å². The molecule has 2 N–H and O–H groups in total. The van der Waals surface area contributed by atoms with E-state index in [-0.39, 0.29) is 11.6 Å². The third kappa shape index (κ3) is 4.23. The number of imidazole rings is 1. The maximum atomic E-state index is 12.0. The summed E-state index contributed by atoms with van der Waals surface area (Å²) in [5.74, 6) is -1.33. The smallest absolute Gasteiger partial charge is 0.359 e. The number of carbonyl (C=O) groups is 3. The number of rotatable bonds is 5. The van der Waals surface area contributed by atoms with E-state index >= 15 is 0 Å². The summed E-state index contributed by atoms with van der Waals surface area (Å²) in [5, 5.41) is 5.23. The monoisotopic (exact) mass is 352 g/mol. The molecule has 132 valence electrons. The second-order valence-electron chi connectivity index (χ2n) is 5.48. The highest BCUT2D eigenvalue weighted by Crippen LogP contribution is 2.13. The summed E-state index contributed by atoms with van der Waals surface area (Å²) >= 11 is 0. The van der Waals surface area contributed by atoms with Gasteiger partial charge in [-0.05, 0) is 36.4 Å². The molecule has 8 heteroatoms. The van der Waals surface area contributed by atoms with Crippen molar-refractivity contribution in [3.8, 4) is 0 Å². The summed E-state index contributed by atoms with van der Waals surface area (Å²) in [5.41, 5.74) is 1.88. The normalized spacial score (nSPS) is 10.3. The van der Waals surface area contributed by atoms with Crippen molar-refractivity contribution in [3.63, 3.8) is 0 Å². The van der Waals surface area contributed by atoms with E-state index in [0.717, 1.165) is 0 Å². The van der Waals surface area contributed by atoms with Crippen molar-refractivity contribution < 1.29 is 19.1 Å². The van der Waals surface area contributed by atoms with Crippen LogP contribution < -0.4 is 10.6 Å². The third-order valence-electron chi connectivity index (χ3n) is 3.40. The summed E-state index contributed by atoms with van der Waals surface area (Å²) < 4.78 is 6.67. The van der Waals surface area contributed by atoms with Crippen molar-refractivity contribution in [2.45, 2.75) is 6.92 Å². The highest BCUT2D eigenvalue weighted by molar-refractivity contribution is 5.95. The molecule has 0 spiro atoms. The first-order valence-electron chi connectivity index (χ1n) is 7.79. The van der Waals surface area contributed by atoms with Crippen LogP contribution in [0, 0.1) is 0 Å². The van der Waals surface area contributed by atoms with E-state index < -0.39 is 18.5 Å². The molecule has 3 aromatic rings. The zero-order valence-electron chi connectivity index (χ0n) is 13.9. The topological polar surface area (TPSA) is 102 Å². The molecule has 2 heterocycles. The Morgan fingerprint density at radius 2 is 1.73 bits per heavy atom. The number of fused-ring (bicyclic) bond motifs is 1. The molecule has 2 amide bonds. The Kier molecular flexibility index (Phi) is 4.93. The lowest BCUT2D eigenvalue weighted by molar-refractivity contribution is -0.119. The zero-order chi connectivity index (χ0) is 18.5. The lowest BCUT2D eigenvalue weighted by atomic mass is 10.2. The lowest BCUT2D eigenvalue weighted by Gasteiger charge is -2.07. The van der Waals surface area contributed by atoms with Crippen molar-refractivity contribution in [1.82, 2.24) is 9.38 Å². The number of benzene rings is 1. The SMILES string of the molecule is CC(=O)Nc1ccc(NC(=O)COC(=O)c2cn3ccccc3n2)cc1. The number of nitrogens with one attached hydrogen (secondary N) is 2. The largest absolute Gasteiger partial charge is 0.451 e. The highest BCUT2D eigenvalue weighted by atomic mass is 16.5. The molecule has 0 radical (unpaired) electrons. The number of amides is 2. The number of hydrogen-bond acceptors (Lipinski definition) is 5. The van der Waals surface area contributed by atoms with Crippen LogP contribution in [0.5, 0.6) is 0 Å². The Morgan fingerprint density at radius 1 is 1.04 bits per heavy atom. The van der Waals surface area contributed by atoms with Crippen LogP contribution in [0.15, 0.2) is 54.9 Å². The quantitative estimate of drug-likeness (QED) is 0.685. The molecule has 0 bridgehead atoms. The molecule has 0 saturated heterocycles. The molecule has 2 aromatic heterocycles. The lowest BCUT2D eigenvalue weighted by Crippen LogP contribution is -2.21. The van der Waals surface area contributed by atoms with Gasteiger partial charge < -0.3 is 19.8 Å². The van der Waals surface area contributed by atoms with Gasteiger partial charge in [-0.3, -0.25) is 9.59 Å². The van der Waals surface area contributed by atoms with Crippen LogP contribution in [0.1, 0.15) is 17.4 Å². The van der Waals surface area contributed by atoms with Gasteiger partial charge in [-0.2, -0.15) is 0 Å². The molecule has 26 heavy (non-hydrogen) atoms. The van der Waals surface area contributed by atoms with E-state index in [0.29, 0.717) is 17.0 Å². The van der Waals surface area contributed by atoms with Crippen LogP contribution in [-0.4, -0.2) is 33.8 Å². The van der Waals surface area contributed by atoms with Crippen molar-refractivity contribution in [1.29, 1.82) is 0 Å². The molecule has 0 unspecified atom stereocenters. The molecule has 0 saturated carbocycles. The van der Waals surface area contributed by atoms with Crippen LogP contribution in [0.3, 0.4) is 0 Å². The average Bonchev–Trinajstić information content (AvgIpc) is 3.05. The summed E-state index contributed by atoms with van der Waals surface area (Å²) in [6.45, 7) is 0.979. The van der Waals surface area contributed by atoms with E-state index in [2.05, 4.69) is 15.6 Å². The van der Waals surface area contributed by atoms with Crippen molar-refractivity contribution >= 4 is 34.8 Å². The highest BCUT2D eigenvalue weighted by Gasteiger charge is 2.14. The summed E-state index contributed by atoms with van der Waals surface area (Å²) in [6.07, 6.45) is 3.30. The summed E-state index contributed by atoms with van der Waals surface area (Å²) in [4.78, 5) is 39.0. The molecule has 0 aliphatic carbocycles. The number of anilines is 2. The number of esters is 1. The molecule has 3 rings (SSSR count). The minimum atomic E-state index is -0.676. The van der Waals surface area contributed by atoms with Gasteiger partial charge in [0.1, 0.15) is 5.65 Å². The molecular weight excluding hydrogens is 336 g/mol. The maximum absolute atomic E-state index is 12.0. The predicted octanol–water partition coefficient (Wildman–Crippen LogP) is 2.09. The van der Waals surface area contributed by atoms with Crippen molar-refractivity contribution in [3.05, 3.63) is 60.6 Å². The van der Waals surface area contributed by atoms with Crippen LogP contribution in [0.4, 0.5) is 11.4 Å². The summed E-state index contributed by atoms with van der Waals surface area (Å²) in [7, 11) is 0. The molecule has 0 fully saturated rings. The number of hydrogen-bond donors (Lipinski definition) is 2. The second kappa shape index (κ2) is 7.47. The first-order valence-corrected chi connectivity index (χ1v) is 7.79. The van der Waals surface area contributed by atoms with E-state index in [9.17, 15) is 14.4 Å². The van der Waals surface area contributed by atoms with Crippen LogP contribution >= 0.6 is 0 Å². The standard InChI is InChI=1S/C18H16N4O4/c1-12(23)19-13-5-7-14(8-6-13)20-17(24)11-26-18(25)15-10-22-9-3-2-4-16(22)21-15/h2-10H,11H2,1H3,(H,19,23)(H,20,24). The molecule has 8 nitrogen and oxygen atoms in total. The van der Waals surface area contributed by atoms with Gasteiger partial charge >= 0.3 is 5.97 Å². The number of carbonyl (C=O) groups excluding carboxylic acids is 3. The van der Waals surface area contributed by atoms with E-state index in [1.807, 2.05) is 12.1 Å². The third-order valence-corrected chi connectivity index (χ3v) is 3.40. The first-order chi connectivity index (χ1) is 12.5. The van der Waals surface area contributed by atoms with Crippen LogP contribution in [0.2, 0.25) is 0 Å². The minimum absolute atomic E-state index is 0.128. The molecule has 0 aliphatic heterocycles. The Bertz CT molecular complexity index is 930. The van der Waals surface area contributed by atoms with E-state index in [1.54, 1.807) is 40.9 Å². The first kappa shape index (κ1) is 17.2. The van der Waals surface area contributed by atoms with Crippen LogP contribution in [-0.2, 0) is 14.3 Å². The Hall–Kier alpha value is -3.68. The fraction of sp³-hybridized carbons (Fsp3) is 0.111. The number of pyridine rings is 1. The van der Waals surface area contributed by atoms with Gasteiger partial charge in [0, 0.05) is 30.7 Å². The average molecular weight is 352 g/mol. The number of ether oxygens (including phenoxy) is 1.